The van der Waals surface area contributed by atoms with Gasteiger partial charge < -0.3 is 10.1 Å². The van der Waals surface area contributed by atoms with Gasteiger partial charge >= 0.3 is 0 Å². The number of nitrogens with one attached hydrogen (secondary N) is 2. The van der Waals surface area contributed by atoms with Gasteiger partial charge in [-0.15, -0.1) is 0 Å². The predicted octanol–water partition coefficient (Wildman–Crippen LogP) is 3.16. The van der Waals surface area contributed by atoms with Crippen LogP contribution >= 0.6 is 12.2 Å². The van der Waals surface area contributed by atoms with E-state index in [4.69, 9.17) is 17.0 Å². The fourth-order valence-electron chi connectivity index (χ4n) is 3.30. The van der Waals surface area contributed by atoms with Crippen molar-refractivity contribution in [2.24, 2.45) is 5.10 Å². The average Bonchev–Trinajstić information content (AvgIpc) is 2.98. The van der Waals surface area contributed by atoms with Gasteiger partial charge in [-0.3, -0.25) is 5.43 Å². The number of methoxy groups -OCH3 is 1. The Labute approximate surface area is 148 Å². The number of ether oxygens (including phenoxy) is 1. The number of hydrogen-bond acceptors (Lipinski definition) is 3. The lowest BCUT2D eigenvalue weighted by molar-refractivity contribution is 0.179. The second-order valence-electron chi connectivity index (χ2n) is 6.25. The van der Waals surface area contributed by atoms with Crippen molar-refractivity contribution in [3.63, 3.8) is 0 Å². The zero-order valence-electron chi connectivity index (χ0n) is 14.3. The number of benzene rings is 2. The highest BCUT2D eigenvalue weighted by Crippen LogP contribution is 2.32. The van der Waals surface area contributed by atoms with Crippen LogP contribution in [0.2, 0.25) is 0 Å². The van der Waals surface area contributed by atoms with E-state index in [9.17, 15) is 0 Å². The Morgan fingerprint density at radius 1 is 1.25 bits per heavy atom. The fourth-order valence-corrected chi connectivity index (χ4v) is 3.55. The van der Waals surface area contributed by atoms with Gasteiger partial charge in [-0.1, -0.05) is 30.3 Å². The Bertz CT molecular complexity index is 790. The van der Waals surface area contributed by atoms with Crippen LogP contribution in [-0.4, -0.2) is 30.6 Å². The normalized spacial score (nSPS) is 14.7. The molecule has 0 amide bonds. The van der Waals surface area contributed by atoms with E-state index in [1.54, 1.807) is 7.11 Å². The Balaban J connectivity index is 1.80. The highest BCUT2D eigenvalue weighted by molar-refractivity contribution is 7.80. The molecule has 0 saturated carbocycles. The average molecular weight is 341 g/mol. The van der Waals surface area contributed by atoms with Gasteiger partial charge in [0.25, 0.3) is 0 Å². The largest absolute Gasteiger partial charge is 0.383 e. The van der Waals surface area contributed by atoms with E-state index in [0.29, 0.717) is 11.7 Å². The SMILES string of the molecule is COCC(C)NC(=S)NN=C(C)c1ccc2c3c(cccc13)CC2. The molecule has 2 N–H and O–H groups in total. The van der Waals surface area contributed by atoms with Gasteiger partial charge in [0, 0.05) is 18.7 Å². The Kier molecular flexibility index (Phi) is 5.11. The van der Waals surface area contributed by atoms with Crippen LogP contribution in [0.3, 0.4) is 0 Å². The molecule has 0 aromatic heterocycles. The van der Waals surface area contributed by atoms with Crippen molar-refractivity contribution < 1.29 is 4.74 Å². The van der Waals surface area contributed by atoms with Crippen molar-refractivity contribution in [3.05, 3.63) is 47.0 Å². The third kappa shape index (κ3) is 3.42. The van der Waals surface area contributed by atoms with Crippen LogP contribution < -0.4 is 10.7 Å². The summed E-state index contributed by atoms with van der Waals surface area (Å²) in [6, 6.07) is 11.1. The molecule has 2 aromatic rings. The standard InChI is InChI=1S/C19H23N3OS/c1-12(11-23-3)20-19(24)22-21-13(2)16-10-9-15-8-7-14-5-4-6-17(16)18(14)15/h4-6,9-10,12H,7-8,11H2,1-3H3,(H2,20,22,24). The van der Waals surface area contributed by atoms with Crippen LogP contribution in [0, 0.1) is 0 Å². The maximum atomic E-state index is 5.28. The van der Waals surface area contributed by atoms with Gasteiger partial charge in [-0.2, -0.15) is 5.10 Å². The first kappa shape index (κ1) is 16.9. The van der Waals surface area contributed by atoms with Crippen molar-refractivity contribution in [3.8, 4) is 0 Å². The molecule has 24 heavy (non-hydrogen) atoms. The number of nitrogens with zero attached hydrogens (tertiary/aromatic N) is 1. The van der Waals surface area contributed by atoms with Crippen molar-refractivity contribution in [1.29, 1.82) is 0 Å². The molecule has 1 atom stereocenters. The van der Waals surface area contributed by atoms with Crippen LogP contribution in [0.5, 0.6) is 0 Å². The molecule has 0 heterocycles. The number of hydrazone groups is 1. The van der Waals surface area contributed by atoms with Gasteiger partial charge in [0.15, 0.2) is 5.11 Å². The molecule has 1 aliphatic rings. The summed E-state index contributed by atoms with van der Waals surface area (Å²) in [5.41, 5.74) is 7.89. The van der Waals surface area contributed by atoms with E-state index < -0.39 is 0 Å². The second-order valence-corrected chi connectivity index (χ2v) is 6.66. The molecule has 1 unspecified atom stereocenters. The molecule has 1 aliphatic carbocycles. The van der Waals surface area contributed by atoms with Crippen molar-refractivity contribution in [2.75, 3.05) is 13.7 Å². The summed E-state index contributed by atoms with van der Waals surface area (Å²) in [4.78, 5) is 0. The summed E-state index contributed by atoms with van der Waals surface area (Å²) in [6.07, 6.45) is 2.27. The molecule has 126 valence electrons. The third-order valence-electron chi connectivity index (χ3n) is 4.39. The minimum absolute atomic E-state index is 0.141. The van der Waals surface area contributed by atoms with E-state index in [2.05, 4.69) is 46.2 Å². The monoisotopic (exact) mass is 341 g/mol. The van der Waals surface area contributed by atoms with E-state index in [1.807, 2.05) is 13.8 Å². The van der Waals surface area contributed by atoms with E-state index >= 15 is 0 Å². The van der Waals surface area contributed by atoms with E-state index in [-0.39, 0.29) is 6.04 Å². The van der Waals surface area contributed by atoms with Crippen LogP contribution in [-0.2, 0) is 17.6 Å². The molecule has 0 radical (unpaired) electrons. The second kappa shape index (κ2) is 7.28. The van der Waals surface area contributed by atoms with Gasteiger partial charge in [0.05, 0.1) is 12.3 Å². The topological polar surface area (TPSA) is 45.6 Å². The minimum atomic E-state index is 0.141. The van der Waals surface area contributed by atoms with Crippen LogP contribution in [0.1, 0.15) is 30.5 Å². The number of aryl methyl sites for hydroxylation is 2. The first-order valence-corrected chi connectivity index (χ1v) is 8.64. The first-order valence-electron chi connectivity index (χ1n) is 8.23. The van der Waals surface area contributed by atoms with Crippen LogP contribution in [0.15, 0.2) is 35.4 Å². The Hall–Kier alpha value is -1.98. The zero-order chi connectivity index (χ0) is 17.1. The molecule has 4 nitrogen and oxygen atoms in total. The van der Waals surface area contributed by atoms with Crippen molar-refractivity contribution in [2.45, 2.75) is 32.7 Å². The van der Waals surface area contributed by atoms with Gasteiger partial charge in [-0.25, -0.2) is 0 Å². The molecule has 2 aromatic carbocycles. The number of thiocarbonyl (C=S) groups is 1. The highest BCUT2D eigenvalue weighted by Gasteiger charge is 2.16. The summed E-state index contributed by atoms with van der Waals surface area (Å²) < 4.78 is 5.09. The van der Waals surface area contributed by atoms with Crippen molar-refractivity contribution >= 4 is 33.8 Å². The molecule has 0 bridgehead atoms. The fraction of sp³-hybridized carbons (Fsp3) is 0.368. The molecule has 0 saturated heterocycles. The molecular formula is C19H23N3OS. The molecule has 5 heteroatoms. The van der Waals surface area contributed by atoms with E-state index in [0.717, 1.165) is 24.1 Å². The van der Waals surface area contributed by atoms with Crippen LogP contribution in [0.4, 0.5) is 0 Å². The number of hydrogen-bond donors (Lipinski definition) is 2. The van der Waals surface area contributed by atoms with Gasteiger partial charge in [0.2, 0.25) is 0 Å². The van der Waals surface area contributed by atoms with E-state index in [1.165, 1.54) is 21.9 Å². The lowest BCUT2D eigenvalue weighted by Gasteiger charge is -2.14. The van der Waals surface area contributed by atoms with Crippen LogP contribution in [0.25, 0.3) is 10.8 Å². The molecule has 0 fully saturated rings. The molecular weight excluding hydrogens is 318 g/mol. The highest BCUT2D eigenvalue weighted by atomic mass is 32.1. The third-order valence-corrected chi connectivity index (χ3v) is 4.60. The smallest absolute Gasteiger partial charge is 0.187 e. The summed E-state index contributed by atoms with van der Waals surface area (Å²) in [7, 11) is 1.67. The minimum Gasteiger partial charge on any atom is -0.383 e. The lowest BCUT2D eigenvalue weighted by Crippen LogP contribution is -2.40. The lowest BCUT2D eigenvalue weighted by atomic mass is 9.98. The van der Waals surface area contributed by atoms with Gasteiger partial charge in [-0.05, 0) is 60.8 Å². The molecule has 0 spiro atoms. The quantitative estimate of drug-likeness (QED) is 0.498. The summed E-state index contributed by atoms with van der Waals surface area (Å²) in [5, 5.41) is 10.8. The number of rotatable bonds is 5. The predicted molar refractivity (Wildman–Crippen MR) is 104 cm³/mol. The van der Waals surface area contributed by atoms with Gasteiger partial charge in [0.1, 0.15) is 0 Å². The Morgan fingerprint density at radius 3 is 2.75 bits per heavy atom. The summed E-state index contributed by atoms with van der Waals surface area (Å²) in [6.45, 7) is 4.61. The maximum absolute atomic E-state index is 5.28. The zero-order valence-corrected chi connectivity index (χ0v) is 15.2. The maximum Gasteiger partial charge on any atom is 0.187 e. The Morgan fingerprint density at radius 2 is 2.00 bits per heavy atom. The van der Waals surface area contributed by atoms with Crippen molar-refractivity contribution in [1.82, 2.24) is 10.7 Å². The first-order chi connectivity index (χ1) is 11.6. The molecule has 0 aliphatic heterocycles. The summed E-state index contributed by atoms with van der Waals surface area (Å²) in [5.74, 6) is 0. The molecule has 3 rings (SSSR count). The summed E-state index contributed by atoms with van der Waals surface area (Å²) >= 11 is 5.28.